The molecular formula is C18H22N2O3S. The molecule has 1 amide bonds. The van der Waals surface area contributed by atoms with Crippen LogP contribution in [0.2, 0.25) is 0 Å². The highest BCUT2D eigenvalue weighted by Crippen LogP contribution is 2.33. The van der Waals surface area contributed by atoms with Crippen molar-refractivity contribution in [2.45, 2.75) is 33.1 Å². The van der Waals surface area contributed by atoms with Crippen LogP contribution in [-0.2, 0) is 12.8 Å². The minimum atomic E-state index is -0.203. The van der Waals surface area contributed by atoms with Gasteiger partial charge in [0, 0.05) is 16.0 Å². The molecule has 3 rings (SSSR count). The molecule has 0 saturated carbocycles. The maximum Gasteiger partial charge on any atom is 0.257 e. The normalized spacial score (nSPS) is 16.4. The predicted molar refractivity (Wildman–Crippen MR) is 95.5 cm³/mol. The summed E-state index contributed by atoms with van der Waals surface area (Å²) in [5.41, 5.74) is 2.50. The van der Waals surface area contributed by atoms with Gasteiger partial charge in [-0.3, -0.25) is 10.1 Å². The topological polar surface area (TPSA) is 60.5 Å². The summed E-state index contributed by atoms with van der Waals surface area (Å²) in [5, 5.41) is 3.57. The van der Waals surface area contributed by atoms with Crippen molar-refractivity contribution in [3.05, 3.63) is 33.8 Å². The number of hydrogen-bond donors (Lipinski definition) is 1. The second kappa shape index (κ2) is 6.81. The standard InChI is InChI=1S/C18H22N2O3S/c1-10-5-6-13-16(7-10)24-18(19-13)20-17(21)12-8-14(22-3)11(2)15(9-12)23-4/h8-10H,5-7H2,1-4H3,(H,19,20,21). The Kier molecular flexibility index (Phi) is 4.76. The first-order valence-corrected chi connectivity index (χ1v) is 8.86. The lowest BCUT2D eigenvalue weighted by Gasteiger charge is -2.15. The summed E-state index contributed by atoms with van der Waals surface area (Å²) in [6.45, 7) is 4.15. The van der Waals surface area contributed by atoms with Gasteiger partial charge >= 0.3 is 0 Å². The number of aryl methyl sites for hydroxylation is 1. The Morgan fingerprint density at radius 1 is 1.29 bits per heavy atom. The number of nitrogens with one attached hydrogen (secondary N) is 1. The molecule has 0 aliphatic heterocycles. The fraction of sp³-hybridized carbons (Fsp3) is 0.444. The molecule has 0 radical (unpaired) electrons. The highest BCUT2D eigenvalue weighted by Gasteiger charge is 2.21. The molecule has 1 unspecified atom stereocenters. The fourth-order valence-corrected chi connectivity index (χ4v) is 4.15. The third-order valence-electron chi connectivity index (χ3n) is 4.42. The van der Waals surface area contributed by atoms with Gasteiger partial charge in [0.05, 0.1) is 19.9 Å². The summed E-state index contributed by atoms with van der Waals surface area (Å²) < 4.78 is 10.7. The van der Waals surface area contributed by atoms with Crippen molar-refractivity contribution in [1.82, 2.24) is 4.98 Å². The van der Waals surface area contributed by atoms with Crippen molar-refractivity contribution >= 4 is 22.4 Å². The number of fused-ring (bicyclic) bond motifs is 1. The van der Waals surface area contributed by atoms with Crippen LogP contribution in [0.3, 0.4) is 0 Å². The highest BCUT2D eigenvalue weighted by atomic mass is 32.1. The lowest BCUT2D eigenvalue weighted by molar-refractivity contribution is 0.102. The molecule has 5 nitrogen and oxygen atoms in total. The number of carbonyl (C=O) groups is 1. The van der Waals surface area contributed by atoms with Gasteiger partial charge in [0.2, 0.25) is 0 Å². The minimum absolute atomic E-state index is 0.203. The van der Waals surface area contributed by atoms with Crippen LogP contribution >= 0.6 is 11.3 Å². The lowest BCUT2D eigenvalue weighted by atomic mass is 9.93. The van der Waals surface area contributed by atoms with E-state index in [9.17, 15) is 4.79 Å². The van der Waals surface area contributed by atoms with Gasteiger partial charge in [-0.25, -0.2) is 4.98 Å². The van der Waals surface area contributed by atoms with Crippen LogP contribution < -0.4 is 14.8 Å². The molecule has 0 saturated heterocycles. The minimum Gasteiger partial charge on any atom is -0.496 e. The van der Waals surface area contributed by atoms with Gasteiger partial charge in [-0.1, -0.05) is 6.92 Å². The molecule has 0 fully saturated rings. The van der Waals surface area contributed by atoms with E-state index in [1.165, 1.54) is 4.88 Å². The summed E-state index contributed by atoms with van der Waals surface area (Å²) in [6.07, 6.45) is 3.21. The molecule has 0 spiro atoms. The molecule has 1 aliphatic rings. The smallest absolute Gasteiger partial charge is 0.257 e. The monoisotopic (exact) mass is 346 g/mol. The zero-order valence-electron chi connectivity index (χ0n) is 14.4. The fourth-order valence-electron chi connectivity index (χ4n) is 2.98. The van der Waals surface area contributed by atoms with Crippen molar-refractivity contribution in [2.75, 3.05) is 19.5 Å². The van der Waals surface area contributed by atoms with Crippen LogP contribution in [-0.4, -0.2) is 25.1 Å². The van der Waals surface area contributed by atoms with E-state index in [0.29, 0.717) is 28.1 Å². The van der Waals surface area contributed by atoms with E-state index in [0.717, 1.165) is 30.5 Å². The first-order valence-electron chi connectivity index (χ1n) is 8.04. The van der Waals surface area contributed by atoms with Gasteiger partial charge in [-0.15, -0.1) is 11.3 Å². The molecule has 1 N–H and O–H groups in total. The van der Waals surface area contributed by atoms with Crippen LogP contribution in [0.4, 0.5) is 5.13 Å². The maximum absolute atomic E-state index is 12.6. The molecule has 1 heterocycles. The van der Waals surface area contributed by atoms with E-state index < -0.39 is 0 Å². The van der Waals surface area contributed by atoms with Crippen LogP contribution in [0.5, 0.6) is 11.5 Å². The van der Waals surface area contributed by atoms with Crippen LogP contribution in [0.1, 0.15) is 39.8 Å². The van der Waals surface area contributed by atoms with E-state index in [-0.39, 0.29) is 5.91 Å². The third kappa shape index (κ3) is 3.24. The molecule has 1 aromatic carbocycles. The van der Waals surface area contributed by atoms with Crippen molar-refractivity contribution in [3.63, 3.8) is 0 Å². The number of thiazole rings is 1. The number of methoxy groups -OCH3 is 2. The third-order valence-corrected chi connectivity index (χ3v) is 5.46. The van der Waals surface area contributed by atoms with E-state index in [1.54, 1.807) is 37.7 Å². The van der Waals surface area contributed by atoms with E-state index >= 15 is 0 Å². The molecular weight excluding hydrogens is 324 g/mol. The average Bonchev–Trinajstić information content (AvgIpc) is 2.96. The Hall–Kier alpha value is -2.08. The Balaban J connectivity index is 1.83. The number of nitrogens with zero attached hydrogens (tertiary/aromatic N) is 1. The summed E-state index contributed by atoms with van der Waals surface area (Å²) >= 11 is 1.58. The van der Waals surface area contributed by atoms with E-state index in [2.05, 4.69) is 17.2 Å². The molecule has 1 aliphatic carbocycles. The summed E-state index contributed by atoms with van der Waals surface area (Å²) in [6, 6.07) is 3.45. The zero-order chi connectivity index (χ0) is 17.3. The largest absolute Gasteiger partial charge is 0.496 e. The van der Waals surface area contributed by atoms with Crippen LogP contribution in [0, 0.1) is 12.8 Å². The quantitative estimate of drug-likeness (QED) is 0.913. The van der Waals surface area contributed by atoms with Crippen molar-refractivity contribution in [2.24, 2.45) is 5.92 Å². The molecule has 0 bridgehead atoms. The number of hydrogen-bond acceptors (Lipinski definition) is 5. The zero-order valence-corrected chi connectivity index (χ0v) is 15.3. The van der Waals surface area contributed by atoms with Gasteiger partial charge in [0.1, 0.15) is 11.5 Å². The predicted octanol–water partition coefficient (Wildman–Crippen LogP) is 3.85. The van der Waals surface area contributed by atoms with Gasteiger partial charge < -0.3 is 9.47 Å². The van der Waals surface area contributed by atoms with Gasteiger partial charge in [0.15, 0.2) is 5.13 Å². The SMILES string of the molecule is COc1cc(C(=O)Nc2nc3c(s2)CC(C)CC3)cc(OC)c1C. The van der Waals surface area contributed by atoms with Crippen LogP contribution in [0.25, 0.3) is 0 Å². The Morgan fingerprint density at radius 3 is 2.58 bits per heavy atom. The molecule has 6 heteroatoms. The first kappa shape index (κ1) is 16.8. The number of rotatable bonds is 4. The van der Waals surface area contributed by atoms with Gasteiger partial charge in [-0.05, 0) is 44.2 Å². The highest BCUT2D eigenvalue weighted by molar-refractivity contribution is 7.15. The van der Waals surface area contributed by atoms with Gasteiger partial charge in [0.25, 0.3) is 5.91 Å². The Bertz CT molecular complexity index is 745. The lowest BCUT2D eigenvalue weighted by Crippen LogP contribution is -2.12. The molecule has 24 heavy (non-hydrogen) atoms. The Labute approximate surface area is 146 Å². The molecule has 1 aromatic heterocycles. The van der Waals surface area contributed by atoms with E-state index in [1.807, 2.05) is 6.92 Å². The van der Waals surface area contributed by atoms with E-state index in [4.69, 9.17) is 9.47 Å². The summed E-state index contributed by atoms with van der Waals surface area (Å²) in [7, 11) is 3.17. The molecule has 1 atom stereocenters. The van der Waals surface area contributed by atoms with Crippen molar-refractivity contribution in [1.29, 1.82) is 0 Å². The number of ether oxygens (including phenoxy) is 2. The first-order chi connectivity index (χ1) is 11.5. The molecule has 128 valence electrons. The van der Waals surface area contributed by atoms with Crippen LogP contribution in [0.15, 0.2) is 12.1 Å². The number of anilines is 1. The summed E-state index contributed by atoms with van der Waals surface area (Å²) in [5.74, 6) is 1.75. The maximum atomic E-state index is 12.6. The number of aromatic nitrogens is 1. The number of carbonyl (C=O) groups excluding carboxylic acids is 1. The summed E-state index contributed by atoms with van der Waals surface area (Å²) in [4.78, 5) is 18.5. The number of benzene rings is 1. The van der Waals surface area contributed by atoms with Crippen molar-refractivity contribution in [3.8, 4) is 11.5 Å². The average molecular weight is 346 g/mol. The molecule has 2 aromatic rings. The van der Waals surface area contributed by atoms with Crippen molar-refractivity contribution < 1.29 is 14.3 Å². The Morgan fingerprint density at radius 2 is 1.96 bits per heavy atom. The second-order valence-electron chi connectivity index (χ2n) is 6.20. The second-order valence-corrected chi connectivity index (χ2v) is 7.28. The van der Waals surface area contributed by atoms with Gasteiger partial charge in [-0.2, -0.15) is 0 Å². The number of amides is 1.